The third-order valence-corrected chi connectivity index (χ3v) is 11.3. The molecule has 7 rings (SSSR count). The predicted molar refractivity (Wildman–Crippen MR) is 255 cm³/mol. The first-order valence-corrected chi connectivity index (χ1v) is 21.9. The fourth-order valence-corrected chi connectivity index (χ4v) is 7.82. The van der Waals surface area contributed by atoms with Gasteiger partial charge in [-0.05, 0) is 91.6 Å². The van der Waals surface area contributed by atoms with Crippen molar-refractivity contribution < 1.29 is 43.7 Å². The summed E-state index contributed by atoms with van der Waals surface area (Å²) in [4.78, 5) is 93.4. The number of aliphatic carboxylic acids is 1. The first-order chi connectivity index (χ1) is 32.6. The fourth-order valence-electron chi connectivity index (χ4n) is 7.28. The van der Waals surface area contributed by atoms with Crippen molar-refractivity contribution in [1.82, 2.24) is 35.3 Å². The number of carboxylic acids is 2. The number of aromatic carboxylic acids is 1. The number of aromatic hydroxyl groups is 1. The number of aromatic nitrogens is 4. The minimum atomic E-state index is -1.30. The number of nitrogens with one attached hydrogen (secondary N) is 4. The lowest BCUT2D eigenvalue weighted by molar-refractivity contribution is -0.139. The van der Waals surface area contributed by atoms with Gasteiger partial charge in [-0.1, -0.05) is 12.5 Å². The second-order valence-electron chi connectivity index (χ2n) is 15.5. The highest BCUT2D eigenvalue weighted by Gasteiger charge is 2.24. The Morgan fingerprint density at radius 3 is 2.40 bits per heavy atom. The Hall–Kier alpha value is -8.37. The van der Waals surface area contributed by atoms with E-state index >= 15 is 0 Å². The van der Waals surface area contributed by atoms with Crippen LogP contribution in [0.25, 0.3) is 44.6 Å². The Balaban J connectivity index is 0.803. The van der Waals surface area contributed by atoms with Crippen molar-refractivity contribution in [2.75, 3.05) is 41.8 Å². The summed E-state index contributed by atoms with van der Waals surface area (Å²) >= 11 is 0.798. The van der Waals surface area contributed by atoms with Crippen LogP contribution in [0.3, 0.4) is 0 Å². The van der Waals surface area contributed by atoms with Crippen LogP contribution in [0.5, 0.6) is 5.75 Å². The van der Waals surface area contributed by atoms with Crippen LogP contribution in [0, 0.1) is 0 Å². The third kappa shape index (κ3) is 11.7. The van der Waals surface area contributed by atoms with Crippen LogP contribution in [-0.2, 0) is 16.1 Å². The van der Waals surface area contributed by atoms with E-state index in [0.717, 1.165) is 17.6 Å². The van der Waals surface area contributed by atoms with Gasteiger partial charge in [0.05, 0.1) is 24.0 Å². The lowest BCUT2D eigenvalue weighted by Gasteiger charge is -2.19. The predicted octanol–water partition coefficient (Wildman–Crippen LogP) is 5.22. The molecule has 0 unspecified atom stereocenters. The van der Waals surface area contributed by atoms with Crippen molar-refractivity contribution >= 4 is 86.2 Å². The number of anilines is 4. The van der Waals surface area contributed by atoms with E-state index < -0.39 is 29.1 Å². The van der Waals surface area contributed by atoms with Crippen molar-refractivity contribution in [2.45, 2.75) is 44.7 Å². The number of nitrogen functional groups attached to an aromatic ring is 2. The van der Waals surface area contributed by atoms with Gasteiger partial charge >= 0.3 is 11.9 Å². The molecule has 68 heavy (non-hydrogen) atoms. The summed E-state index contributed by atoms with van der Waals surface area (Å²) in [6.45, 7) is 1.13. The zero-order valence-corrected chi connectivity index (χ0v) is 37.1. The van der Waals surface area contributed by atoms with E-state index in [0.29, 0.717) is 72.2 Å². The number of hydrogen-bond acceptors (Lipinski definition) is 17. The molecule has 1 atom stereocenters. The van der Waals surface area contributed by atoms with Gasteiger partial charge in [-0.2, -0.15) is 9.97 Å². The highest BCUT2D eigenvalue weighted by atomic mass is 32.2. The number of carboxylic acid groups (broad SMARTS) is 2. The number of unbranched alkanes of at least 4 members (excludes halogenated alkanes) is 2. The molecule has 3 amide bonds. The van der Waals surface area contributed by atoms with E-state index in [1.54, 1.807) is 42.6 Å². The van der Waals surface area contributed by atoms with Crippen molar-refractivity contribution in [2.24, 2.45) is 0 Å². The molecule has 3 heterocycles. The van der Waals surface area contributed by atoms with Crippen molar-refractivity contribution in [1.29, 1.82) is 0 Å². The molecular formula is C46H45N11O10S. The molecule has 2 aliphatic rings. The normalized spacial score (nSPS) is 11.6. The molecule has 0 spiro atoms. The fraction of sp³-hybridized carbons (Fsp3) is 0.217. The maximum absolute atomic E-state index is 13.0. The summed E-state index contributed by atoms with van der Waals surface area (Å²) < 4.78 is 8.85. The van der Waals surface area contributed by atoms with E-state index in [2.05, 4.69) is 40.6 Å². The van der Waals surface area contributed by atoms with Gasteiger partial charge in [-0.25, -0.2) is 19.6 Å². The highest BCUT2D eigenvalue weighted by molar-refractivity contribution is 8.12. The molecule has 0 radical (unpaired) electrons. The second-order valence-corrected chi connectivity index (χ2v) is 16.4. The number of phenols is 1. The largest absolute Gasteiger partial charge is 0.508 e. The zero-order valence-electron chi connectivity index (χ0n) is 36.3. The Morgan fingerprint density at radius 2 is 1.63 bits per heavy atom. The van der Waals surface area contributed by atoms with E-state index in [1.807, 2.05) is 11.9 Å². The number of amides is 3. The van der Waals surface area contributed by atoms with Gasteiger partial charge in [0.1, 0.15) is 23.1 Å². The average molecular weight is 944 g/mol. The molecule has 350 valence electrons. The van der Waals surface area contributed by atoms with Gasteiger partial charge in [-0.3, -0.25) is 23.9 Å². The number of carbonyl (C=O) groups excluding carboxylic acids is 3. The van der Waals surface area contributed by atoms with Gasteiger partial charge < -0.3 is 52.1 Å². The highest BCUT2D eigenvalue weighted by Crippen LogP contribution is 2.42. The summed E-state index contributed by atoms with van der Waals surface area (Å²) in [5.41, 5.74) is 15.0. The molecule has 0 saturated carbocycles. The molecule has 5 aromatic rings. The Labute approximate surface area is 390 Å². The number of nitrogens with two attached hydrogens (primary N) is 2. The SMILES string of the molecule is CN(Cc1cnc2nc(N)nc(N)c2n1)c1ccc(C(=O)N[C@@H](CCC(=O)NCCCCCNSC(=O)Nc2ccc(-c3c4ccc(=O)cc-4oc4ccc(O)cc34)c(C(=O)O)c2)C(=O)O)cc1. The molecule has 0 bridgehead atoms. The first-order valence-electron chi connectivity index (χ1n) is 21.1. The minimum absolute atomic E-state index is 0.00405. The van der Waals surface area contributed by atoms with Gasteiger partial charge in [-0.15, -0.1) is 0 Å². The molecule has 0 saturated heterocycles. The number of carbonyl (C=O) groups is 5. The maximum Gasteiger partial charge on any atom is 0.336 e. The van der Waals surface area contributed by atoms with E-state index in [-0.39, 0.29) is 75.5 Å². The van der Waals surface area contributed by atoms with Crippen molar-refractivity contribution in [3.63, 3.8) is 0 Å². The molecule has 0 fully saturated rings. The second kappa shape index (κ2) is 21.3. The van der Waals surface area contributed by atoms with Crippen LogP contribution in [0.15, 0.2) is 94.3 Å². The van der Waals surface area contributed by atoms with Crippen molar-refractivity contribution in [3.05, 3.63) is 112 Å². The Morgan fingerprint density at radius 1 is 0.868 bits per heavy atom. The maximum atomic E-state index is 13.0. The van der Waals surface area contributed by atoms with Gasteiger partial charge in [0.25, 0.3) is 11.1 Å². The number of rotatable bonds is 19. The number of hydrogen-bond donors (Lipinski definition) is 9. The van der Waals surface area contributed by atoms with Gasteiger partial charge in [0.15, 0.2) is 22.4 Å². The number of nitrogens with zero attached hydrogens (tertiary/aromatic N) is 5. The van der Waals surface area contributed by atoms with E-state index in [9.17, 15) is 44.1 Å². The van der Waals surface area contributed by atoms with Crippen LogP contribution in [-0.4, -0.2) is 90.4 Å². The molecule has 22 heteroatoms. The summed E-state index contributed by atoms with van der Waals surface area (Å²) in [5.74, 6) is -3.23. The van der Waals surface area contributed by atoms with E-state index in [1.165, 1.54) is 42.5 Å². The summed E-state index contributed by atoms with van der Waals surface area (Å²) in [7, 11) is 1.82. The Kier molecular flexibility index (Phi) is 14.9. The summed E-state index contributed by atoms with van der Waals surface area (Å²) in [6.07, 6.45) is 3.27. The summed E-state index contributed by atoms with van der Waals surface area (Å²) in [5, 5.41) is 38.1. The molecule has 1 aliphatic heterocycles. The third-order valence-electron chi connectivity index (χ3n) is 10.6. The number of fused-ring (bicyclic) bond motifs is 3. The minimum Gasteiger partial charge on any atom is -0.508 e. The molecule has 21 nitrogen and oxygen atoms in total. The molecule has 11 N–H and O–H groups in total. The number of phenolic OH excluding ortho intramolecular Hbond substituents is 1. The van der Waals surface area contributed by atoms with Gasteiger partial charge in [0.2, 0.25) is 11.9 Å². The van der Waals surface area contributed by atoms with Crippen LogP contribution in [0.1, 0.15) is 58.5 Å². The molecule has 1 aliphatic carbocycles. The molecule has 3 aromatic carbocycles. The van der Waals surface area contributed by atoms with Crippen LogP contribution < -0.4 is 42.5 Å². The quantitative estimate of drug-likeness (QED) is 0.0285. The topological polar surface area (TPSA) is 331 Å². The van der Waals surface area contributed by atoms with E-state index in [4.69, 9.17) is 15.9 Å². The smallest absolute Gasteiger partial charge is 0.336 e. The Bertz CT molecular complexity index is 3080. The lowest BCUT2D eigenvalue weighted by atomic mass is 9.90. The van der Waals surface area contributed by atoms with Crippen LogP contribution in [0.2, 0.25) is 0 Å². The van der Waals surface area contributed by atoms with Crippen molar-refractivity contribution in [3.8, 4) is 28.2 Å². The standard InChI is InChI=1S/C46H45N11O10S/c1-57(23-26-22-50-41-39(52-26)40(47)55-45(48)56-41)27-8-5-24(6-9-27)42(61)54-34(44(64)65)14-16-37(60)49-17-3-2-4-18-51-68-46(66)53-25-7-12-30(32(19-25)43(62)63)38-31-13-10-29(59)21-36(31)67-35-15-11-28(58)20-33(35)38/h5-13,15,19-22,34,51,58H,2-4,14,16-18,23H2,1H3,(H,49,60)(H,53,66)(H,54,61)(H,62,63)(H,64,65)(H4,47,48,50,55,56)/t34-/m0/s1. The molecular weight excluding hydrogens is 899 g/mol. The van der Waals surface area contributed by atoms with Crippen LogP contribution >= 0.6 is 11.9 Å². The lowest BCUT2D eigenvalue weighted by Crippen LogP contribution is -2.41. The first kappa shape index (κ1) is 47.6. The van der Waals surface area contributed by atoms with Gasteiger partial charge in [0, 0.05) is 78.0 Å². The van der Waals surface area contributed by atoms with Crippen LogP contribution in [0.4, 0.5) is 27.9 Å². The average Bonchev–Trinajstić information content (AvgIpc) is 3.30. The summed E-state index contributed by atoms with van der Waals surface area (Å²) in [6, 6.07) is 18.2. The monoisotopic (exact) mass is 943 g/mol. The zero-order chi connectivity index (χ0) is 48.5. The molecule has 2 aromatic heterocycles. The number of benzene rings is 4.